The maximum atomic E-state index is 13.8. The zero-order chi connectivity index (χ0) is 26.6. The highest BCUT2D eigenvalue weighted by Gasteiger charge is 2.63. The number of pyridine rings is 1. The molecule has 0 fully saturated rings. The fraction of sp³-hybridized carbons (Fsp3) is 0.222. The van der Waals surface area contributed by atoms with Crippen molar-refractivity contribution in [3.63, 3.8) is 0 Å². The van der Waals surface area contributed by atoms with Crippen LogP contribution in [0.2, 0.25) is 0 Å². The van der Waals surface area contributed by atoms with Gasteiger partial charge in [-0.15, -0.1) is 0 Å². The third-order valence-corrected chi connectivity index (χ3v) is 10.3. The fourth-order valence-electron chi connectivity index (χ4n) is 4.86. The van der Waals surface area contributed by atoms with Crippen molar-refractivity contribution in [3.8, 4) is 6.07 Å². The summed E-state index contributed by atoms with van der Waals surface area (Å²) in [7, 11) is -5.08. The molecule has 1 aliphatic heterocycles. The molecule has 0 radical (unpaired) electrons. The minimum absolute atomic E-state index is 0.173. The van der Waals surface area contributed by atoms with Gasteiger partial charge in [0.2, 0.25) is 10.0 Å². The summed E-state index contributed by atoms with van der Waals surface area (Å²) in [5, 5.41) is 12.1. The zero-order valence-corrected chi connectivity index (χ0v) is 22.4. The van der Waals surface area contributed by atoms with Crippen molar-refractivity contribution in [2.24, 2.45) is 4.99 Å². The molecule has 8 nitrogen and oxygen atoms in total. The predicted octanol–water partition coefficient (Wildman–Crippen LogP) is 4.63. The number of rotatable bonds is 4. The highest BCUT2D eigenvalue weighted by Crippen LogP contribution is 2.64. The van der Waals surface area contributed by atoms with Gasteiger partial charge in [-0.05, 0) is 68.7 Å². The molecule has 188 valence electrons. The first-order valence-corrected chi connectivity index (χ1v) is 14.3. The summed E-state index contributed by atoms with van der Waals surface area (Å²) in [6, 6.07) is 14.4. The molecule has 2 atom stereocenters. The number of carbonyl (C=O) groups is 1. The molecule has 10 heteroatoms. The van der Waals surface area contributed by atoms with Gasteiger partial charge < -0.3 is 5.32 Å². The normalized spacial score (nSPS) is 22.4. The molecule has 37 heavy (non-hydrogen) atoms. The second-order valence-electron chi connectivity index (χ2n) is 9.82. The van der Waals surface area contributed by atoms with E-state index in [4.69, 9.17) is 4.99 Å². The maximum absolute atomic E-state index is 13.8. The molecule has 0 saturated heterocycles. The molecular weight excluding hydrogens is 506 g/mol. The summed E-state index contributed by atoms with van der Waals surface area (Å²) >= 11 is 0. The third kappa shape index (κ3) is 4.00. The Morgan fingerprint density at radius 1 is 1.16 bits per heavy atom. The number of nitrogens with one attached hydrogen (secondary N) is 2. The highest BCUT2D eigenvalue weighted by atomic mass is 32.2. The van der Waals surface area contributed by atoms with Gasteiger partial charge in [0, 0.05) is 11.7 Å². The van der Waals surface area contributed by atoms with Crippen LogP contribution in [-0.2, 0) is 10.0 Å². The van der Waals surface area contributed by atoms with Gasteiger partial charge in [0.25, 0.3) is 5.24 Å². The Morgan fingerprint density at radius 3 is 2.57 bits per heavy atom. The molecule has 5 rings (SSSR count). The van der Waals surface area contributed by atoms with Gasteiger partial charge in [0.1, 0.15) is 10.6 Å². The van der Waals surface area contributed by atoms with Crippen LogP contribution in [0.25, 0.3) is 0 Å². The standard InChI is InChI=1S/C27H25N5O3S2/c1-17-30-24(19-10-7-9-18(15-19)16-28)27(36(17)25(33)31-22-13-5-6-14-29-22)20-11-8-12-21(27)23(20)37(34,35)32-26(2,3)4/h5-15,32H,1-4H3,(H,29,31,33). The Kier molecular flexibility index (Phi) is 5.90. The van der Waals surface area contributed by atoms with Crippen LogP contribution >= 0.6 is 10.5 Å². The Morgan fingerprint density at radius 2 is 1.95 bits per heavy atom. The molecule has 2 aromatic rings. The number of allylic oxidation sites excluding steroid dienone is 4. The summed E-state index contributed by atoms with van der Waals surface area (Å²) in [6.45, 7) is 7.12. The fourth-order valence-corrected chi connectivity index (χ4v) is 9.44. The van der Waals surface area contributed by atoms with Gasteiger partial charge >= 0.3 is 0 Å². The van der Waals surface area contributed by atoms with E-state index in [1.807, 2.05) is 6.07 Å². The van der Waals surface area contributed by atoms with Crippen LogP contribution in [-0.4, -0.2) is 39.6 Å². The molecule has 1 amide bonds. The van der Waals surface area contributed by atoms with Gasteiger partial charge in [-0.2, -0.15) is 5.26 Å². The molecule has 2 aliphatic carbocycles. The van der Waals surface area contributed by atoms with Gasteiger partial charge in [-0.25, -0.2) is 23.1 Å². The number of amides is 1. The van der Waals surface area contributed by atoms with E-state index in [0.29, 0.717) is 38.8 Å². The van der Waals surface area contributed by atoms with Crippen molar-refractivity contribution < 1.29 is 13.2 Å². The number of nitrogens with zero attached hydrogens (tertiary/aromatic N) is 3. The van der Waals surface area contributed by atoms with Crippen molar-refractivity contribution in [1.82, 2.24) is 9.71 Å². The summed E-state index contributed by atoms with van der Waals surface area (Å²) in [4.78, 5) is 23.6. The van der Waals surface area contributed by atoms with Crippen LogP contribution in [0.5, 0.6) is 0 Å². The number of aliphatic imine (C=N–C) groups is 1. The maximum Gasteiger partial charge on any atom is 0.282 e. The lowest BCUT2D eigenvalue weighted by Gasteiger charge is -2.48. The van der Waals surface area contributed by atoms with Gasteiger partial charge in [0.15, 0.2) is 0 Å². The number of benzene rings is 1. The smallest absolute Gasteiger partial charge is 0.282 e. The molecule has 1 aromatic carbocycles. The Labute approximate surface area is 218 Å². The number of nitriles is 1. The quantitative estimate of drug-likeness (QED) is 0.557. The summed E-state index contributed by atoms with van der Waals surface area (Å²) in [6.07, 6.45) is 6.88. The molecule has 2 heterocycles. The van der Waals surface area contributed by atoms with E-state index in [1.54, 1.807) is 88.5 Å². The van der Waals surface area contributed by atoms with Crippen molar-refractivity contribution >= 4 is 42.3 Å². The lowest BCUT2D eigenvalue weighted by Crippen LogP contribution is -2.54. The van der Waals surface area contributed by atoms with E-state index in [-0.39, 0.29) is 10.1 Å². The lowest BCUT2D eigenvalue weighted by molar-refractivity contribution is 0.269. The summed E-state index contributed by atoms with van der Waals surface area (Å²) < 4.78 is 28.7. The van der Waals surface area contributed by atoms with Gasteiger partial charge in [-0.1, -0.05) is 46.9 Å². The number of sulfonamides is 1. The first kappa shape index (κ1) is 25.0. The number of hydrogen-bond acceptors (Lipinski definition) is 6. The summed E-state index contributed by atoms with van der Waals surface area (Å²) in [5.74, 6) is 0.396. The van der Waals surface area contributed by atoms with Crippen molar-refractivity contribution in [1.29, 1.82) is 5.26 Å². The SMILES string of the molecule is CC1=S(C(=O)Nc2ccccn2)C2(C3=CC=CC2=C3S(=O)(=O)NC(C)(C)C)C(c2cccc(C#N)c2)=N1. The van der Waals surface area contributed by atoms with Crippen LogP contribution in [0.4, 0.5) is 10.6 Å². The second kappa shape index (κ2) is 8.73. The Hall–Kier alpha value is -3.65. The molecule has 0 saturated carbocycles. The zero-order valence-electron chi connectivity index (χ0n) is 20.7. The van der Waals surface area contributed by atoms with E-state index in [2.05, 4.69) is 21.1 Å². The van der Waals surface area contributed by atoms with Crippen LogP contribution in [0.1, 0.15) is 38.8 Å². The Balaban J connectivity index is 1.71. The van der Waals surface area contributed by atoms with Gasteiger partial charge in [-0.3, -0.25) is 4.79 Å². The van der Waals surface area contributed by atoms with Crippen LogP contribution in [0.15, 0.2) is 87.9 Å². The lowest BCUT2D eigenvalue weighted by atomic mass is 9.70. The molecule has 3 aliphatic rings. The monoisotopic (exact) mass is 531 g/mol. The summed E-state index contributed by atoms with van der Waals surface area (Å²) in [5.41, 5.74) is 2.00. The molecule has 2 N–H and O–H groups in total. The molecule has 2 bridgehead atoms. The van der Waals surface area contributed by atoms with Crippen molar-refractivity contribution in [3.05, 3.63) is 94.1 Å². The minimum atomic E-state index is -3.89. The van der Waals surface area contributed by atoms with E-state index < -0.39 is 30.8 Å². The van der Waals surface area contributed by atoms with Crippen LogP contribution < -0.4 is 10.0 Å². The van der Waals surface area contributed by atoms with Crippen molar-refractivity contribution in [2.75, 3.05) is 5.32 Å². The number of aromatic nitrogens is 1. The molecule has 1 spiro atoms. The first-order chi connectivity index (χ1) is 17.5. The molecule has 2 unspecified atom stereocenters. The van der Waals surface area contributed by atoms with E-state index >= 15 is 0 Å². The Bertz CT molecular complexity index is 1650. The van der Waals surface area contributed by atoms with E-state index in [0.717, 1.165) is 0 Å². The largest absolute Gasteiger partial charge is 0.302 e. The number of hydrogen-bond donors (Lipinski definition) is 2. The van der Waals surface area contributed by atoms with Crippen molar-refractivity contribution in [2.45, 2.75) is 38.0 Å². The topological polar surface area (TPSA) is 124 Å². The van der Waals surface area contributed by atoms with Gasteiger partial charge in [0.05, 0.1) is 27.2 Å². The second-order valence-corrected chi connectivity index (χ2v) is 13.6. The van der Waals surface area contributed by atoms with E-state index in [9.17, 15) is 18.5 Å². The van der Waals surface area contributed by atoms with Crippen LogP contribution in [0, 0.1) is 11.3 Å². The predicted molar refractivity (Wildman–Crippen MR) is 148 cm³/mol. The highest BCUT2D eigenvalue weighted by molar-refractivity contribution is 8.31. The minimum Gasteiger partial charge on any atom is -0.302 e. The third-order valence-electron chi connectivity index (χ3n) is 6.03. The first-order valence-electron chi connectivity index (χ1n) is 11.6. The number of anilines is 1. The van der Waals surface area contributed by atoms with Crippen LogP contribution in [0.3, 0.4) is 0 Å². The average Bonchev–Trinajstić information content (AvgIpc) is 3.17. The molecule has 1 aromatic heterocycles. The average molecular weight is 532 g/mol. The van der Waals surface area contributed by atoms with E-state index in [1.165, 1.54) is 0 Å². The number of carbonyl (C=O) groups excluding carboxylic acids is 1. The molecular formula is C27H25N5O3S2.